The molecular formula is C11H10N2O3S. The molecule has 0 unspecified atom stereocenters. The lowest BCUT2D eigenvalue weighted by Crippen LogP contribution is -2.15. The van der Waals surface area contributed by atoms with Crippen LogP contribution < -0.4 is 9.47 Å². The van der Waals surface area contributed by atoms with Crippen LogP contribution in [0.1, 0.15) is 5.56 Å². The van der Waals surface area contributed by atoms with Crippen molar-refractivity contribution in [2.45, 2.75) is 6.61 Å². The molecule has 0 radical (unpaired) electrons. The summed E-state index contributed by atoms with van der Waals surface area (Å²) in [4.78, 5) is 0. The van der Waals surface area contributed by atoms with E-state index in [1.54, 1.807) is 11.6 Å². The molecule has 5 nitrogen and oxygen atoms in total. The molecule has 0 aliphatic carbocycles. The fourth-order valence-corrected chi connectivity index (χ4v) is 2.36. The van der Waals surface area contributed by atoms with Crippen LogP contribution in [0, 0.1) is 0 Å². The summed E-state index contributed by atoms with van der Waals surface area (Å²) >= 11 is 1.43. The number of hydrogen-bond donors (Lipinski definition) is 1. The summed E-state index contributed by atoms with van der Waals surface area (Å²) in [5.74, 6) is 1.37. The van der Waals surface area contributed by atoms with E-state index in [1.165, 1.54) is 11.3 Å². The molecule has 0 amide bonds. The van der Waals surface area contributed by atoms with Crippen molar-refractivity contribution in [3.8, 4) is 22.1 Å². The highest BCUT2D eigenvalue weighted by Gasteiger charge is 2.17. The molecule has 1 aromatic carbocycles. The average Bonchev–Trinajstić information content (AvgIpc) is 2.91. The number of aliphatic hydroxyl groups is 1. The lowest BCUT2D eigenvalue weighted by molar-refractivity contribution is 0.171. The molecule has 3 rings (SSSR count). The maximum absolute atomic E-state index is 9.38. The molecule has 1 N–H and O–H groups in total. The van der Waals surface area contributed by atoms with Crippen molar-refractivity contribution in [3.05, 3.63) is 23.2 Å². The Balaban J connectivity index is 2.13. The number of benzene rings is 1. The topological polar surface area (TPSA) is 64.5 Å². The Morgan fingerprint density at radius 3 is 2.65 bits per heavy atom. The maximum Gasteiger partial charge on any atom is 0.162 e. The summed E-state index contributed by atoms with van der Waals surface area (Å²) in [5.41, 5.74) is 3.28. The van der Waals surface area contributed by atoms with Gasteiger partial charge in [-0.2, -0.15) is 0 Å². The summed E-state index contributed by atoms with van der Waals surface area (Å²) in [7, 11) is 0. The Bertz CT molecular complexity index is 528. The smallest absolute Gasteiger partial charge is 0.162 e. The van der Waals surface area contributed by atoms with E-state index in [4.69, 9.17) is 9.47 Å². The summed E-state index contributed by atoms with van der Waals surface area (Å²) in [5, 5.41) is 18.0. The van der Waals surface area contributed by atoms with Gasteiger partial charge < -0.3 is 14.6 Å². The van der Waals surface area contributed by atoms with Crippen molar-refractivity contribution in [3.63, 3.8) is 0 Å². The van der Waals surface area contributed by atoms with Crippen molar-refractivity contribution >= 4 is 11.3 Å². The van der Waals surface area contributed by atoms with Crippen LogP contribution in [0.25, 0.3) is 10.6 Å². The zero-order valence-electron chi connectivity index (χ0n) is 8.92. The molecule has 0 spiro atoms. The molecule has 0 saturated carbocycles. The molecule has 2 aromatic rings. The Morgan fingerprint density at radius 2 is 2.00 bits per heavy atom. The van der Waals surface area contributed by atoms with E-state index in [9.17, 15) is 5.11 Å². The number of ether oxygens (including phenoxy) is 2. The van der Waals surface area contributed by atoms with Crippen molar-refractivity contribution < 1.29 is 14.6 Å². The van der Waals surface area contributed by atoms with E-state index < -0.39 is 0 Å². The molecular weight excluding hydrogens is 240 g/mol. The molecule has 2 heterocycles. The van der Waals surface area contributed by atoms with Crippen LogP contribution in [0.3, 0.4) is 0 Å². The molecule has 0 saturated heterocycles. The van der Waals surface area contributed by atoms with Gasteiger partial charge >= 0.3 is 0 Å². The average molecular weight is 250 g/mol. The maximum atomic E-state index is 9.38. The highest BCUT2D eigenvalue weighted by molar-refractivity contribution is 7.12. The normalized spacial score (nSPS) is 13.7. The van der Waals surface area contributed by atoms with Crippen LogP contribution in [0.15, 0.2) is 17.6 Å². The number of nitrogens with zero attached hydrogens (tertiary/aromatic N) is 2. The Hall–Kier alpha value is -1.66. The fraction of sp³-hybridized carbons (Fsp3) is 0.273. The largest absolute Gasteiger partial charge is 0.486 e. The van der Waals surface area contributed by atoms with Gasteiger partial charge in [-0.1, -0.05) is 11.3 Å². The monoisotopic (exact) mass is 250 g/mol. The van der Waals surface area contributed by atoms with Gasteiger partial charge in [0.1, 0.15) is 23.7 Å². The van der Waals surface area contributed by atoms with Gasteiger partial charge in [-0.25, -0.2) is 0 Å². The first-order chi connectivity index (χ1) is 8.38. The van der Waals surface area contributed by atoms with Gasteiger partial charge in [0.25, 0.3) is 0 Å². The van der Waals surface area contributed by atoms with Gasteiger partial charge in [0.05, 0.1) is 6.61 Å². The molecule has 0 bridgehead atoms. The quantitative estimate of drug-likeness (QED) is 0.874. The molecule has 6 heteroatoms. The lowest BCUT2D eigenvalue weighted by Gasteiger charge is -2.20. The van der Waals surface area contributed by atoms with Crippen molar-refractivity contribution in [1.82, 2.24) is 10.2 Å². The standard InChI is InChI=1S/C11H10N2O3S/c14-5-7-3-9-10(16-2-1-15-9)4-8(7)11-13-12-6-17-11/h3-4,6,14H,1-2,5H2. The second kappa shape index (κ2) is 4.31. The van der Waals surface area contributed by atoms with Crippen molar-refractivity contribution in [2.24, 2.45) is 0 Å². The Labute approximate surface area is 102 Å². The SMILES string of the molecule is OCc1cc2c(cc1-c1nncs1)OCCO2. The fourth-order valence-electron chi connectivity index (χ4n) is 1.75. The highest BCUT2D eigenvalue weighted by Crippen LogP contribution is 2.37. The summed E-state index contributed by atoms with van der Waals surface area (Å²) in [6.07, 6.45) is 0. The van der Waals surface area contributed by atoms with E-state index in [1.807, 2.05) is 6.07 Å². The zero-order valence-corrected chi connectivity index (χ0v) is 9.74. The van der Waals surface area contributed by atoms with E-state index in [-0.39, 0.29) is 6.61 Å². The third kappa shape index (κ3) is 1.85. The van der Waals surface area contributed by atoms with Crippen LogP contribution >= 0.6 is 11.3 Å². The van der Waals surface area contributed by atoms with E-state index in [0.29, 0.717) is 24.7 Å². The zero-order chi connectivity index (χ0) is 11.7. The van der Waals surface area contributed by atoms with Gasteiger partial charge in [-0.05, 0) is 17.7 Å². The molecule has 1 aromatic heterocycles. The minimum absolute atomic E-state index is 0.0639. The third-order valence-corrected chi connectivity index (χ3v) is 3.25. The summed E-state index contributed by atoms with van der Waals surface area (Å²) in [6, 6.07) is 3.64. The second-order valence-corrected chi connectivity index (χ2v) is 4.39. The molecule has 0 fully saturated rings. The molecule has 88 valence electrons. The first-order valence-electron chi connectivity index (χ1n) is 5.18. The lowest BCUT2D eigenvalue weighted by atomic mass is 10.1. The first kappa shape index (κ1) is 10.5. The molecule has 0 atom stereocenters. The Kier molecular flexibility index (Phi) is 2.66. The van der Waals surface area contributed by atoms with Gasteiger partial charge in [0.15, 0.2) is 11.5 Å². The van der Waals surface area contributed by atoms with Crippen molar-refractivity contribution in [1.29, 1.82) is 0 Å². The van der Waals surface area contributed by atoms with Crippen LogP contribution in [0.4, 0.5) is 0 Å². The van der Waals surface area contributed by atoms with Gasteiger partial charge in [-0.15, -0.1) is 10.2 Å². The minimum Gasteiger partial charge on any atom is -0.486 e. The predicted molar refractivity (Wildman–Crippen MR) is 62.3 cm³/mol. The second-order valence-electron chi connectivity index (χ2n) is 3.56. The van der Waals surface area contributed by atoms with Crippen molar-refractivity contribution in [2.75, 3.05) is 13.2 Å². The molecule has 1 aliphatic rings. The predicted octanol–water partition coefficient (Wildman–Crippen LogP) is 1.47. The number of aromatic nitrogens is 2. The van der Waals surface area contributed by atoms with Gasteiger partial charge in [0, 0.05) is 5.56 Å². The van der Waals surface area contributed by atoms with E-state index in [0.717, 1.165) is 16.1 Å². The van der Waals surface area contributed by atoms with Crippen LogP contribution in [-0.4, -0.2) is 28.5 Å². The van der Waals surface area contributed by atoms with Crippen LogP contribution in [0.2, 0.25) is 0 Å². The van der Waals surface area contributed by atoms with Gasteiger partial charge in [-0.3, -0.25) is 0 Å². The number of hydrogen-bond acceptors (Lipinski definition) is 6. The minimum atomic E-state index is -0.0639. The summed E-state index contributed by atoms with van der Waals surface area (Å²) < 4.78 is 11.0. The third-order valence-electron chi connectivity index (χ3n) is 2.53. The van der Waals surface area contributed by atoms with E-state index >= 15 is 0 Å². The number of rotatable bonds is 2. The highest BCUT2D eigenvalue weighted by atomic mass is 32.1. The Morgan fingerprint density at radius 1 is 1.24 bits per heavy atom. The summed E-state index contributed by atoms with van der Waals surface area (Å²) in [6.45, 7) is 1.02. The number of aliphatic hydroxyl groups excluding tert-OH is 1. The van der Waals surface area contributed by atoms with Gasteiger partial charge in [0.2, 0.25) is 0 Å². The first-order valence-corrected chi connectivity index (χ1v) is 6.06. The van der Waals surface area contributed by atoms with E-state index in [2.05, 4.69) is 10.2 Å². The molecule has 1 aliphatic heterocycles. The molecule has 17 heavy (non-hydrogen) atoms. The van der Waals surface area contributed by atoms with Crippen LogP contribution in [0.5, 0.6) is 11.5 Å². The van der Waals surface area contributed by atoms with Crippen LogP contribution in [-0.2, 0) is 6.61 Å². The number of fused-ring (bicyclic) bond motifs is 1.